The fourth-order valence-electron chi connectivity index (χ4n) is 2.76. The zero-order valence-electron chi connectivity index (χ0n) is 14.5. The van der Waals surface area contributed by atoms with Crippen molar-refractivity contribution in [2.24, 2.45) is 5.41 Å². The number of rotatable bonds is 8. The van der Waals surface area contributed by atoms with Gasteiger partial charge < -0.3 is 15.4 Å². The summed E-state index contributed by atoms with van der Waals surface area (Å²) in [5.74, 6) is -0.140. The standard InChI is InChI=1S/C15H25N3O4S2.ClH/c1-12(19)17-9-13-3-4-14(23-13)24(20,21)18-10-15(11-22-2)5-7-16-8-6-15;/h3-4,16,18H,5-11H2,1-2H3,(H,17,19);1H. The largest absolute Gasteiger partial charge is 0.384 e. The Morgan fingerprint density at radius 1 is 1.36 bits per heavy atom. The van der Waals surface area contributed by atoms with Gasteiger partial charge >= 0.3 is 0 Å². The second-order valence-electron chi connectivity index (χ2n) is 6.14. The fourth-order valence-corrected chi connectivity index (χ4v) is 5.26. The molecule has 1 aliphatic heterocycles. The van der Waals surface area contributed by atoms with Crippen LogP contribution in [0.3, 0.4) is 0 Å². The molecule has 0 radical (unpaired) electrons. The van der Waals surface area contributed by atoms with Crippen LogP contribution in [0.2, 0.25) is 0 Å². The van der Waals surface area contributed by atoms with Gasteiger partial charge in [0.1, 0.15) is 4.21 Å². The van der Waals surface area contributed by atoms with E-state index in [-0.39, 0.29) is 27.9 Å². The third-order valence-electron chi connectivity index (χ3n) is 4.17. The number of carbonyl (C=O) groups excluding carboxylic acids is 1. The van der Waals surface area contributed by atoms with E-state index in [4.69, 9.17) is 4.74 Å². The number of carbonyl (C=O) groups is 1. The van der Waals surface area contributed by atoms with Gasteiger partial charge in [-0.3, -0.25) is 4.79 Å². The number of sulfonamides is 1. The quantitative estimate of drug-likeness (QED) is 0.595. The van der Waals surface area contributed by atoms with Gasteiger partial charge in [0.05, 0.1) is 13.2 Å². The maximum absolute atomic E-state index is 12.5. The second kappa shape index (κ2) is 9.84. The SMILES string of the molecule is COCC1(CNS(=O)(=O)c2ccc(CNC(C)=O)s2)CCNCC1.Cl. The highest BCUT2D eigenvalue weighted by atomic mass is 35.5. The van der Waals surface area contributed by atoms with Gasteiger partial charge in [-0.2, -0.15) is 0 Å². The van der Waals surface area contributed by atoms with Crippen LogP contribution in [0, 0.1) is 5.41 Å². The summed E-state index contributed by atoms with van der Waals surface area (Å²) < 4.78 is 33.4. The maximum atomic E-state index is 12.5. The Kier molecular flexibility index (Phi) is 8.79. The van der Waals surface area contributed by atoms with Crippen molar-refractivity contribution in [1.82, 2.24) is 15.4 Å². The minimum absolute atomic E-state index is 0. The van der Waals surface area contributed by atoms with Gasteiger partial charge in [-0.05, 0) is 38.1 Å². The lowest BCUT2D eigenvalue weighted by Gasteiger charge is -2.37. The van der Waals surface area contributed by atoms with Crippen LogP contribution in [0.4, 0.5) is 0 Å². The number of hydrogen-bond donors (Lipinski definition) is 3. The molecule has 10 heteroatoms. The van der Waals surface area contributed by atoms with E-state index in [1.54, 1.807) is 19.2 Å². The molecule has 0 aliphatic carbocycles. The van der Waals surface area contributed by atoms with E-state index in [2.05, 4.69) is 15.4 Å². The summed E-state index contributed by atoms with van der Waals surface area (Å²) in [5.41, 5.74) is -0.163. The highest BCUT2D eigenvalue weighted by molar-refractivity contribution is 7.91. The predicted molar refractivity (Wildman–Crippen MR) is 101 cm³/mol. The molecule has 1 amide bonds. The Balaban J connectivity index is 0.00000312. The number of thiophene rings is 1. The summed E-state index contributed by atoms with van der Waals surface area (Å²) >= 11 is 1.17. The highest BCUT2D eigenvalue weighted by Gasteiger charge is 2.33. The molecule has 2 rings (SSSR count). The van der Waals surface area contributed by atoms with Gasteiger partial charge in [0.15, 0.2) is 0 Å². The predicted octanol–water partition coefficient (Wildman–Crippen LogP) is 1.10. The van der Waals surface area contributed by atoms with E-state index < -0.39 is 10.0 Å². The first kappa shape index (κ1) is 22.3. The average Bonchev–Trinajstić information content (AvgIpc) is 3.02. The third kappa shape index (κ3) is 6.50. The van der Waals surface area contributed by atoms with Gasteiger partial charge in [0.25, 0.3) is 0 Å². The first-order valence-electron chi connectivity index (χ1n) is 7.89. The smallest absolute Gasteiger partial charge is 0.250 e. The lowest BCUT2D eigenvalue weighted by atomic mass is 9.80. The van der Waals surface area contributed by atoms with Gasteiger partial charge in [0.2, 0.25) is 15.9 Å². The minimum atomic E-state index is -3.55. The summed E-state index contributed by atoms with van der Waals surface area (Å²) in [4.78, 5) is 11.7. The molecule has 2 heterocycles. The highest BCUT2D eigenvalue weighted by Crippen LogP contribution is 2.29. The Morgan fingerprint density at radius 2 is 2.04 bits per heavy atom. The molecule has 0 atom stereocenters. The summed E-state index contributed by atoms with van der Waals surface area (Å²) in [6, 6.07) is 3.31. The zero-order valence-corrected chi connectivity index (χ0v) is 16.9. The fraction of sp³-hybridized carbons (Fsp3) is 0.667. The van der Waals surface area contributed by atoms with Crippen LogP contribution in [0.15, 0.2) is 16.3 Å². The van der Waals surface area contributed by atoms with E-state index in [1.165, 1.54) is 18.3 Å². The number of piperidine rings is 1. The van der Waals surface area contributed by atoms with Crippen molar-refractivity contribution >= 4 is 39.7 Å². The molecule has 0 spiro atoms. The minimum Gasteiger partial charge on any atom is -0.384 e. The molecule has 0 bridgehead atoms. The molecular weight excluding hydrogens is 386 g/mol. The number of nitrogens with one attached hydrogen (secondary N) is 3. The van der Waals surface area contributed by atoms with E-state index in [1.807, 2.05) is 0 Å². The molecule has 144 valence electrons. The second-order valence-corrected chi connectivity index (χ2v) is 9.30. The number of hydrogen-bond acceptors (Lipinski definition) is 6. The summed E-state index contributed by atoms with van der Waals surface area (Å²) in [6.07, 6.45) is 1.75. The first-order chi connectivity index (χ1) is 11.4. The molecule has 0 aromatic carbocycles. The molecule has 1 aromatic rings. The van der Waals surface area contributed by atoms with Gasteiger partial charge in [-0.25, -0.2) is 13.1 Å². The topological polar surface area (TPSA) is 96.5 Å². The van der Waals surface area contributed by atoms with Gasteiger partial charge in [-0.1, -0.05) is 0 Å². The number of ether oxygens (including phenoxy) is 1. The van der Waals surface area contributed by atoms with E-state index >= 15 is 0 Å². The van der Waals surface area contributed by atoms with Gasteiger partial charge in [-0.15, -0.1) is 23.7 Å². The van der Waals surface area contributed by atoms with Crippen molar-refractivity contribution in [2.45, 2.75) is 30.5 Å². The number of halogens is 1. The van der Waals surface area contributed by atoms with E-state index in [9.17, 15) is 13.2 Å². The molecule has 1 aliphatic rings. The zero-order chi connectivity index (χ0) is 17.6. The summed E-state index contributed by atoms with van der Waals surface area (Å²) in [7, 11) is -1.91. The van der Waals surface area contributed by atoms with E-state index in [0.717, 1.165) is 30.8 Å². The van der Waals surface area contributed by atoms with Crippen LogP contribution >= 0.6 is 23.7 Å². The van der Waals surface area contributed by atoms with Crippen molar-refractivity contribution in [3.8, 4) is 0 Å². The van der Waals surface area contributed by atoms with Crippen LogP contribution in [0.1, 0.15) is 24.6 Å². The number of amides is 1. The van der Waals surface area contributed by atoms with Crippen LogP contribution in [0.5, 0.6) is 0 Å². The molecule has 0 unspecified atom stereocenters. The molecule has 1 fully saturated rings. The lowest BCUT2D eigenvalue weighted by Crippen LogP contribution is -2.47. The molecule has 7 nitrogen and oxygen atoms in total. The Labute approximate surface area is 159 Å². The number of methoxy groups -OCH3 is 1. The maximum Gasteiger partial charge on any atom is 0.250 e. The average molecular weight is 412 g/mol. The van der Waals surface area contributed by atoms with Crippen molar-refractivity contribution < 1.29 is 17.9 Å². The van der Waals surface area contributed by atoms with Crippen molar-refractivity contribution in [1.29, 1.82) is 0 Å². The van der Waals surface area contributed by atoms with Crippen LogP contribution < -0.4 is 15.4 Å². The molecule has 25 heavy (non-hydrogen) atoms. The Hall–Kier alpha value is -0.710. The van der Waals surface area contributed by atoms with Crippen LogP contribution in [-0.2, 0) is 26.1 Å². The monoisotopic (exact) mass is 411 g/mol. The van der Waals surface area contributed by atoms with Crippen molar-refractivity contribution in [3.63, 3.8) is 0 Å². The molecule has 1 saturated heterocycles. The lowest BCUT2D eigenvalue weighted by molar-refractivity contribution is -0.119. The van der Waals surface area contributed by atoms with Crippen LogP contribution in [0.25, 0.3) is 0 Å². The first-order valence-corrected chi connectivity index (χ1v) is 10.2. The molecule has 0 saturated carbocycles. The summed E-state index contributed by atoms with van der Waals surface area (Å²) in [6.45, 7) is 4.41. The molecular formula is C15H26ClN3O4S2. The van der Waals surface area contributed by atoms with Crippen molar-refractivity contribution in [2.75, 3.05) is 33.4 Å². The third-order valence-corrected chi connectivity index (χ3v) is 7.14. The van der Waals surface area contributed by atoms with E-state index in [0.29, 0.717) is 19.7 Å². The van der Waals surface area contributed by atoms with Crippen molar-refractivity contribution in [3.05, 3.63) is 17.0 Å². The Bertz CT molecular complexity index is 652. The molecule has 3 N–H and O–H groups in total. The van der Waals surface area contributed by atoms with Gasteiger partial charge in [0, 0.05) is 30.9 Å². The normalized spacial score (nSPS) is 16.9. The Morgan fingerprint density at radius 3 is 2.64 bits per heavy atom. The molecule has 1 aromatic heterocycles. The summed E-state index contributed by atoms with van der Waals surface area (Å²) in [5, 5.41) is 5.95. The van der Waals surface area contributed by atoms with Crippen LogP contribution in [-0.4, -0.2) is 47.7 Å².